The molecule has 1 rings (SSSR count). The first-order chi connectivity index (χ1) is 8.52. The van der Waals surface area contributed by atoms with E-state index in [-0.39, 0.29) is 31.3 Å². The lowest BCUT2D eigenvalue weighted by atomic mass is 10.0. The monoisotopic (exact) mass is 255 g/mol. The highest BCUT2D eigenvalue weighted by Crippen LogP contribution is 2.17. The van der Waals surface area contributed by atoms with Gasteiger partial charge in [-0.15, -0.1) is 0 Å². The Bertz CT molecular complexity index is 327. The summed E-state index contributed by atoms with van der Waals surface area (Å²) in [7, 11) is 0. The average molecular weight is 255 g/mol. The molecule has 1 aliphatic heterocycles. The number of carbonyl (C=O) groups is 3. The zero-order valence-electron chi connectivity index (χ0n) is 11.1. The fourth-order valence-corrected chi connectivity index (χ4v) is 1.98. The quantitative estimate of drug-likeness (QED) is 0.546. The van der Waals surface area contributed by atoms with E-state index in [1.54, 1.807) is 11.8 Å². The third kappa shape index (κ3) is 4.85. The summed E-state index contributed by atoms with van der Waals surface area (Å²) in [5.41, 5.74) is 0. The van der Waals surface area contributed by atoms with E-state index in [9.17, 15) is 14.4 Å². The zero-order chi connectivity index (χ0) is 13.5. The van der Waals surface area contributed by atoms with Gasteiger partial charge in [0.15, 0.2) is 5.78 Å². The van der Waals surface area contributed by atoms with Crippen LogP contribution in [0.25, 0.3) is 0 Å². The highest BCUT2D eigenvalue weighted by atomic mass is 16.5. The van der Waals surface area contributed by atoms with E-state index in [0.717, 1.165) is 12.8 Å². The third-order valence-corrected chi connectivity index (χ3v) is 3.11. The number of amides is 1. The molecule has 0 aromatic heterocycles. The lowest BCUT2D eigenvalue weighted by molar-refractivity contribution is -0.147. The first-order valence-corrected chi connectivity index (χ1v) is 6.48. The summed E-state index contributed by atoms with van der Waals surface area (Å²) in [5.74, 6) is -0.245. The van der Waals surface area contributed by atoms with Crippen LogP contribution in [0.2, 0.25) is 0 Å². The molecule has 102 valence electrons. The molecular weight excluding hydrogens is 234 g/mol. The van der Waals surface area contributed by atoms with Crippen LogP contribution in [0.1, 0.15) is 39.5 Å². The summed E-state index contributed by atoms with van der Waals surface area (Å²) in [6.45, 7) is 4.71. The molecule has 1 unspecified atom stereocenters. The van der Waals surface area contributed by atoms with Crippen molar-refractivity contribution in [2.45, 2.75) is 39.5 Å². The molecule has 1 saturated heterocycles. The highest BCUT2D eigenvalue weighted by molar-refractivity contribution is 5.98. The minimum Gasteiger partial charge on any atom is -0.466 e. The number of likely N-dealkylation sites (tertiary alicyclic amines) is 1. The van der Waals surface area contributed by atoms with Gasteiger partial charge in [-0.2, -0.15) is 0 Å². The topological polar surface area (TPSA) is 63.7 Å². The summed E-state index contributed by atoms with van der Waals surface area (Å²) in [6.07, 6.45) is 2.04. The molecule has 0 spiro atoms. The van der Waals surface area contributed by atoms with Gasteiger partial charge in [-0.25, -0.2) is 0 Å². The second-order valence-electron chi connectivity index (χ2n) is 4.77. The first-order valence-electron chi connectivity index (χ1n) is 6.48. The predicted molar refractivity (Wildman–Crippen MR) is 65.9 cm³/mol. The molecule has 0 radical (unpaired) electrons. The Morgan fingerprint density at radius 2 is 2.11 bits per heavy atom. The maximum atomic E-state index is 11.8. The second-order valence-corrected chi connectivity index (χ2v) is 4.77. The van der Waals surface area contributed by atoms with Crippen molar-refractivity contribution in [3.8, 4) is 0 Å². The van der Waals surface area contributed by atoms with E-state index in [1.807, 2.05) is 0 Å². The summed E-state index contributed by atoms with van der Waals surface area (Å²) in [6, 6.07) is 0. The molecule has 1 aliphatic rings. The highest BCUT2D eigenvalue weighted by Gasteiger charge is 2.23. The number of hydrogen-bond donors (Lipinski definition) is 0. The van der Waals surface area contributed by atoms with E-state index in [1.165, 1.54) is 0 Å². The molecule has 1 amide bonds. The fraction of sp³-hybridized carbons (Fsp3) is 0.769. The van der Waals surface area contributed by atoms with E-state index >= 15 is 0 Å². The Kier molecular flexibility index (Phi) is 5.82. The van der Waals surface area contributed by atoms with Crippen LogP contribution in [0.15, 0.2) is 0 Å². The van der Waals surface area contributed by atoms with Crippen molar-refractivity contribution in [3.63, 3.8) is 0 Å². The van der Waals surface area contributed by atoms with Crippen molar-refractivity contribution in [2.75, 3.05) is 19.7 Å². The van der Waals surface area contributed by atoms with Gasteiger partial charge in [-0.3, -0.25) is 14.4 Å². The van der Waals surface area contributed by atoms with E-state index in [2.05, 4.69) is 6.92 Å². The van der Waals surface area contributed by atoms with Gasteiger partial charge in [0, 0.05) is 13.0 Å². The zero-order valence-corrected chi connectivity index (χ0v) is 11.1. The van der Waals surface area contributed by atoms with Gasteiger partial charge in [0.1, 0.15) is 6.42 Å². The van der Waals surface area contributed by atoms with Crippen LogP contribution in [0.3, 0.4) is 0 Å². The predicted octanol–water partition coefficient (Wildman–Crippen LogP) is 1.16. The Morgan fingerprint density at radius 1 is 1.39 bits per heavy atom. The Labute approximate surface area is 107 Å². The van der Waals surface area contributed by atoms with E-state index in [0.29, 0.717) is 18.9 Å². The Morgan fingerprint density at radius 3 is 2.78 bits per heavy atom. The SMILES string of the molecule is CCOC(=O)CC(=O)CN1CCC(C)CCC1=O. The molecule has 5 heteroatoms. The van der Waals surface area contributed by atoms with Gasteiger partial charge in [-0.1, -0.05) is 6.92 Å². The smallest absolute Gasteiger partial charge is 0.313 e. The fourth-order valence-electron chi connectivity index (χ4n) is 1.98. The van der Waals surface area contributed by atoms with Gasteiger partial charge in [0.05, 0.1) is 13.2 Å². The van der Waals surface area contributed by atoms with Gasteiger partial charge in [0.2, 0.25) is 5.91 Å². The third-order valence-electron chi connectivity index (χ3n) is 3.11. The minimum atomic E-state index is -0.516. The van der Waals surface area contributed by atoms with Crippen LogP contribution in [0, 0.1) is 5.92 Å². The van der Waals surface area contributed by atoms with Crippen LogP contribution in [-0.2, 0) is 19.1 Å². The lowest BCUT2D eigenvalue weighted by Crippen LogP contribution is -2.36. The summed E-state index contributed by atoms with van der Waals surface area (Å²) in [4.78, 5) is 36.1. The number of esters is 1. The number of nitrogens with zero attached hydrogens (tertiary/aromatic N) is 1. The number of hydrogen-bond acceptors (Lipinski definition) is 4. The van der Waals surface area contributed by atoms with Crippen LogP contribution < -0.4 is 0 Å². The molecule has 18 heavy (non-hydrogen) atoms. The Balaban J connectivity index is 2.42. The van der Waals surface area contributed by atoms with Crippen molar-refractivity contribution < 1.29 is 19.1 Å². The molecule has 1 heterocycles. The molecule has 0 aliphatic carbocycles. The summed E-state index contributed by atoms with van der Waals surface area (Å²) < 4.78 is 4.71. The standard InChI is InChI=1S/C13H21NO4/c1-3-18-13(17)8-11(15)9-14-7-6-10(2)4-5-12(14)16/h10H,3-9H2,1-2H3. The maximum absolute atomic E-state index is 11.8. The number of ketones is 1. The average Bonchev–Trinajstić information content (AvgIpc) is 2.44. The minimum absolute atomic E-state index is 0.0107. The summed E-state index contributed by atoms with van der Waals surface area (Å²) in [5, 5.41) is 0. The van der Waals surface area contributed by atoms with Crippen molar-refractivity contribution in [1.29, 1.82) is 0 Å². The molecular formula is C13H21NO4. The van der Waals surface area contributed by atoms with Crippen LogP contribution >= 0.6 is 0 Å². The number of Topliss-reactive ketones (excluding diaryl/α,β-unsaturated/α-hetero) is 1. The largest absolute Gasteiger partial charge is 0.466 e. The second kappa shape index (κ2) is 7.13. The van der Waals surface area contributed by atoms with Crippen molar-refractivity contribution in [3.05, 3.63) is 0 Å². The molecule has 0 saturated carbocycles. The molecule has 0 bridgehead atoms. The lowest BCUT2D eigenvalue weighted by Gasteiger charge is -2.19. The number of ether oxygens (including phenoxy) is 1. The van der Waals surface area contributed by atoms with Crippen molar-refractivity contribution in [2.24, 2.45) is 5.92 Å². The van der Waals surface area contributed by atoms with E-state index < -0.39 is 5.97 Å². The van der Waals surface area contributed by atoms with Crippen molar-refractivity contribution >= 4 is 17.7 Å². The number of rotatable bonds is 5. The van der Waals surface area contributed by atoms with Crippen LogP contribution in [0.5, 0.6) is 0 Å². The number of carbonyl (C=O) groups excluding carboxylic acids is 3. The van der Waals surface area contributed by atoms with Gasteiger partial charge in [0.25, 0.3) is 0 Å². The maximum Gasteiger partial charge on any atom is 0.313 e. The van der Waals surface area contributed by atoms with E-state index in [4.69, 9.17) is 4.74 Å². The molecule has 1 fully saturated rings. The van der Waals surface area contributed by atoms with Gasteiger partial charge in [-0.05, 0) is 25.7 Å². The molecule has 5 nitrogen and oxygen atoms in total. The molecule has 1 atom stereocenters. The summed E-state index contributed by atoms with van der Waals surface area (Å²) >= 11 is 0. The molecule has 0 N–H and O–H groups in total. The Hall–Kier alpha value is -1.39. The first kappa shape index (κ1) is 14.7. The normalized spacial score (nSPS) is 20.4. The van der Waals surface area contributed by atoms with Gasteiger partial charge >= 0.3 is 5.97 Å². The van der Waals surface area contributed by atoms with Gasteiger partial charge < -0.3 is 9.64 Å². The van der Waals surface area contributed by atoms with Crippen LogP contribution in [0.4, 0.5) is 0 Å². The molecule has 0 aromatic rings. The molecule has 0 aromatic carbocycles. The van der Waals surface area contributed by atoms with Crippen LogP contribution in [-0.4, -0.2) is 42.3 Å². The van der Waals surface area contributed by atoms with Crippen molar-refractivity contribution in [1.82, 2.24) is 4.90 Å².